The number of carbonyl (C=O) groups is 2. The van der Waals surface area contributed by atoms with E-state index in [1.54, 1.807) is 0 Å². The number of urea groups is 1. The molecule has 3 N–H and O–H groups in total. The van der Waals surface area contributed by atoms with Crippen molar-refractivity contribution in [2.24, 2.45) is 5.73 Å². The van der Waals surface area contributed by atoms with Crippen molar-refractivity contribution < 1.29 is 9.59 Å². The van der Waals surface area contributed by atoms with E-state index >= 15 is 0 Å². The fraction of sp³-hybridized carbons (Fsp3) is 0.385. The lowest BCUT2D eigenvalue weighted by atomic mass is 10.2. The van der Waals surface area contributed by atoms with Gasteiger partial charge in [0, 0.05) is 36.9 Å². The zero-order chi connectivity index (χ0) is 14.5. The Morgan fingerprint density at radius 2 is 1.75 bits per heavy atom. The molecule has 0 aliphatic carbocycles. The van der Waals surface area contributed by atoms with Crippen molar-refractivity contribution in [2.45, 2.75) is 0 Å². The van der Waals surface area contributed by atoms with Gasteiger partial charge in [0.05, 0.1) is 6.54 Å². The number of imide groups is 1. The Kier molecular flexibility index (Phi) is 4.81. The average molecular weight is 297 g/mol. The number of hydrogen-bond donors (Lipinski definition) is 2. The number of nitrogens with two attached hydrogens (primary N) is 1. The Morgan fingerprint density at radius 1 is 1.15 bits per heavy atom. The maximum atomic E-state index is 11.4. The Bertz CT molecular complexity index is 484. The second-order valence-corrected chi connectivity index (χ2v) is 5.09. The van der Waals surface area contributed by atoms with Crippen molar-refractivity contribution in [1.29, 1.82) is 0 Å². The van der Waals surface area contributed by atoms with Gasteiger partial charge in [-0.25, -0.2) is 4.79 Å². The van der Waals surface area contributed by atoms with Crippen molar-refractivity contribution >= 4 is 29.2 Å². The first-order valence-corrected chi connectivity index (χ1v) is 6.74. The minimum atomic E-state index is -0.810. The Hall–Kier alpha value is -1.79. The third kappa shape index (κ3) is 4.11. The number of nitrogens with zero attached hydrogens (tertiary/aromatic N) is 2. The van der Waals surface area contributed by atoms with Crippen molar-refractivity contribution in [3.05, 3.63) is 29.3 Å². The van der Waals surface area contributed by atoms with Crippen LogP contribution in [0, 0.1) is 0 Å². The number of hydrogen-bond acceptors (Lipinski definition) is 4. The number of piperazine rings is 1. The van der Waals surface area contributed by atoms with Gasteiger partial charge in [-0.3, -0.25) is 15.0 Å². The number of rotatable bonds is 3. The van der Waals surface area contributed by atoms with Crippen molar-refractivity contribution in [3.8, 4) is 0 Å². The summed E-state index contributed by atoms with van der Waals surface area (Å²) in [5.41, 5.74) is 6.02. The smallest absolute Gasteiger partial charge is 0.318 e. The second kappa shape index (κ2) is 6.58. The maximum absolute atomic E-state index is 11.4. The van der Waals surface area contributed by atoms with Crippen LogP contribution >= 0.6 is 11.6 Å². The first-order valence-electron chi connectivity index (χ1n) is 6.37. The summed E-state index contributed by atoms with van der Waals surface area (Å²) in [5, 5.41) is 2.79. The molecule has 7 heteroatoms. The minimum absolute atomic E-state index is 0.192. The Balaban J connectivity index is 1.81. The summed E-state index contributed by atoms with van der Waals surface area (Å²) in [6.45, 7) is 3.36. The van der Waals surface area contributed by atoms with Crippen LogP contribution in [0.3, 0.4) is 0 Å². The van der Waals surface area contributed by atoms with Crippen LogP contribution in [0.15, 0.2) is 24.3 Å². The van der Waals surface area contributed by atoms with Crippen LogP contribution in [0.2, 0.25) is 5.02 Å². The van der Waals surface area contributed by atoms with E-state index in [1.165, 1.54) is 0 Å². The van der Waals surface area contributed by atoms with Gasteiger partial charge in [-0.2, -0.15) is 0 Å². The molecule has 0 aromatic heterocycles. The standard InChI is InChI=1S/C13H17ClN4O2/c14-10-1-3-11(4-2-10)18-7-5-17(6-8-18)9-12(19)16-13(15)20/h1-4H,5-9H2,(H3,15,16,19,20). The van der Waals surface area contributed by atoms with Gasteiger partial charge in [0.25, 0.3) is 0 Å². The predicted octanol–water partition coefficient (Wildman–Crippen LogP) is 0.657. The Morgan fingerprint density at radius 3 is 2.30 bits per heavy atom. The van der Waals surface area contributed by atoms with Gasteiger partial charge in [-0.15, -0.1) is 0 Å². The summed E-state index contributed by atoms with van der Waals surface area (Å²) in [7, 11) is 0. The van der Waals surface area contributed by atoms with E-state index in [2.05, 4.69) is 10.2 Å². The number of halogens is 1. The van der Waals surface area contributed by atoms with Gasteiger partial charge in [0.2, 0.25) is 5.91 Å². The van der Waals surface area contributed by atoms with Crippen LogP contribution in [0.1, 0.15) is 0 Å². The molecule has 0 saturated carbocycles. The SMILES string of the molecule is NC(=O)NC(=O)CN1CCN(c2ccc(Cl)cc2)CC1. The number of primary amides is 1. The maximum Gasteiger partial charge on any atom is 0.318 e. The summed E-state index contributed by atoms with van der Waals surface area (Å²) >= 11 is 5.86. The molecule has 1 aliphatic heterocycles. The van der Waals surface area contributed by atoms with Gasteiger partial charge in [0.1, 0.15) is 0 Å². The third-order valence-electron chi connectivity index (χ3n) is 3.19. The molecule has 1 aromatic carbocycles. The highest BCUT2D eigenvalue weighted by Crippen LogP contribution is 2.19. The second-order valence-electron chi connectivity index (χ2n) is 4.65. The number of amides is 3. The molecule has 1 saturated heterocycles. The van der Waals surface area contributed by atoms with Crippen LogP contribution in [-0.4, -0.2) is 49.6 Å². The molecule has 0 radical (unpaired) electrons. The first kappa shape index (κ1) is 14.6. The van der Waals surface area contributed by atoms with Crippen LogP contribution in [-0.2, 0) is 4.79 Å². The van der Waals surface area contributed by atoms with Crippen LogP contribution in [0.5, 0.6) is 0 Å². The van der Waals surface area contributed by atoms with E-state index in [-0.39, 0.29) is 12.5 Å². The topological polar surface area (TPSA) is 78.7 Å². The molecule has 0 atom stereocenters. The minimum Gasteiger partial charge on any atom is -0.369 e. The first-order chi connectivity index (χ1) is 9.54. The molecular formula is C13H17ClN4O2. The molecule has 0 spiro atoms. The fourth-order valence-corrected chi connectivity index (χ4v) is 2.32. The predicted molar refractivity (Wildman–Crippen MR) is 77.8 cm³/mol. The van der Waals surface area contributed by atoms with Crippen molar-refractivity contribution in [2.75, 3.05) is 37.6 Å². The molecule has 3 amide bonds. The molecule has 20 heavy (non-hydrogen) atoms. The quantitative estimate of drug-likeness (QED) is 0.859. The lowest BCUT2D eigenvalue weighted by Crippen LogP contribution is -2.50. The summed E-state index contributed by atoms with van der Waals surface area (Å²) in [6, 6.07) is 6.89. The molecular weight excluding hydrogens is 280 g/mol. The molecule has 108 valence electrons. The molecule has 1 aromatic rings. The molecule has 1 aliphatic rings. The fourth-order valence-electron chi connectivity index (χ4n) is 2.20. The zero-order valence-corrected chi connectivity index (χ0v) is 11.8. The monoisotopic (exact) mass is 296 g/mol. The number of benzene rings is 1. The Labute approximate surface area is 122 Å². The van der Waals surface area contributed by atoms with Gasteiger partial charge in [0.15, 0.2) is 0 Å². The lowest BCUT2D eigenvalue weighted by Gasteiger charge is -2.35. The van der Waals surface area contributed by atoms with E-state index in [4.69, 9.17) is 17.3 Å². The van der Waals surface area contributed by atoms with Gasteiger partial charge < -0.3 is 10.6 Å². The molecule has 0 bridgehead atoms. The summed E-state index contributed by atoms with van der Waals surface area (Å²) in [5.74, 6) is -0.363. The summed E-state index contributed by atoms with van der Waals surface area (Å²) in [6.07, 6.45) is 0. The van der Waals surface area contributed by atoms with Crippen LogP contribution in [0.4, 0.5) is 10.5 Å². The van der Waals surface area contributed by atoms with E-state index in [0.717, 1.165) is 36.9 Å². The lowest BCUT2D eigenvalue weighted by molar-refractivity contribution is -0.121. The largest absolute Gasteiger partial charge is 0.369 e. The molecule has 6 nitrogen and oxygen atoms in total. The van der Waals surface area contributed by atoms with Crippen LogP contribution in [0.25, 0.3) is 0 Å². The normalized spacial score (nSPS) is 15.9. The molecule has 1 fully saturated rings. The van der Waals surface area contributed by atoms with E-state index in [9.17, 15) is 9.59 Å². The summed E-state index contributed by atoms with van der Waals surface area (Å²) in [4.78, 5) is 26.2. The highest BCUT2D eigenvalue weighted by atomic mass is 35.5. The van der Waals surface area contributed by atoms with Crippen molar-refractivity contribution in [3.63, 3.8) is 0 Å². The van der Waals surface area contributed by atoms with E-state index < -0.39 is 6.03 Å². The number of nitrogens with one attached hydrogen (secondary N) is 1. The van der Waals surface area contributed by atoms with Gasteiger partial charge in [-0.1, -0.05) is 11.6 Å². The van der Waals surface area contributed by atoms with Gasteiger partial charge >= 0.3 is 6.03 Å². The van der Waals surface area contributed by atoms with Crippen LogP contribution < -0.4 is 16.0 Å². The highest BCUT2D eigenvalue weighted by Gasteiger charge is 2.19. The number of anilines is 1. The molecule has 0 unspecified atom stereocenters. The average Bonchev–Trinajstić information content (AvgIpc) is 2.39. The van der Waals surface area contributed by atoms with Crippen molar-refractivity contribution in [1.82, 2.24) is 10.2 Å². The van der Waals surface area contributed by atoms with E-state index in [1.807, 2.05) is 29.2 Å². The molecule has 1 heterocycles. The third-order valence-corrected chi connectivity index (χ3v) is 3.45. The highest BCUT2D eigenvalue weighted by molar-refractivity contribution is 6.30. The number of carbonyl (C=O) groups excluding carboxylic acids is 2. The van der Waals surface area contributed by atoms with Gasteiger partial charge in [-0.05, 0) is 24.3 Å². The summed E-state index contributed by atoms with van der Waals surface area (Å²) < 4.78 is 0. The molecule has 2 rings (SSSR count). The van der Waals surface area contributed by atoms with E-state index in [0.29, 0.717) is 0 Å². The zero-order valence-electron chi connectivity index (χ0n) is 11.0.